The van der Waals surface area contributed by atoms with E-state index in [1.165, 1.54) is 6.07 Å². The Balaban J connectivity index is 2.57. The molecule has 1 aromatic rings. The van der Waals surface area contributed by atoms with Crippen molar-refractivity contribution in [3.05, 3.63) is 29.6 Å². The molecule has 1 rings (SSSR count). The monoisotopic (exact) mass is 281 g/mol. The first kappa shape index (κ1) is 15.1. The van der Waals surface area contributed by atoms with Gasteiger partial charge in [0.25, 0.3) is 0 Å². The molecule has 0 bridgehead atoms. The Kier molecular flexibility index (Phi) is 5.78. The fourth-order valence-electron chi connectivity index (χ4n) is 1.40. The molecule has 0 fully saturated rings. The summed E-state index contributed by atoms with van der Waals surface area (Å²) in [6, 6.07) is 2.96. The van der Waals surface area contributed by atoms with Crippen LogP contribution in [0, 0.1) is 5.82 Å². The molecule has 0 saturated heterocycles. The predicted octanol–water partition coefficient (Wildman–Crippen LogP) is 4.40. The Morgan fingerprint density at radius 2 is 2.00 bits per heavy atom. The van der Waals surface area contributed by atoms with Gasteiger partial charge in [-0.2, -0.15) is 24.9 Å². The van der Waals surface area contributed by atoms with Crippen molar-refractivity contribution >= 4 is 17.4 Å². The first-order valence-electron chi connectivity index (χ1n) is 5.63. The van der Waals surface area contributed by atoms with E-state index in [0.717, 1.165) is 30.1 Å². The van der Waals surface area contributed by atoms with E-state index in [1.54, 1.807) is 11.8 Å². The Bertz CT molecular complexity index is 379. The van der Waals surface area contributed by atoms with Gasteiger partial charge in [-0.25, -0.2) is 4.39 Å². The molecular weight excluding hydrogens is 266 g/mol. The summed E-state index contributed by atoms with van der Waals surface area (Å²) < 4.78 is 50.3. The van der Waals surface area contributed by atoms with Crippen LogP contribution in [0.4, 0.5) is 23.2 Å². The van der Waals surface area contributed by atoms with E-state index in [9.17, 15) is 17.6 Å². The van der Waals surface area contributed by atoms with Crippen molar-refractivity contribution in [3.8, 4) is 0 Å². The summed E-state index contributed by atoms with van der Waals surface area (Å²) in [5.74, 6) is 0.737. The van der Waals surface area contributed by atoms with Crippen LogP contribution in [-0.2, 0) is 6.18 Å². The number of hydrogen-bond acceptors (Lipinski definition) is 2. The Morgan fingerprint density at radius 3 is 2.61 bits per heavy atom. The third kappa shape index (κ3) is 4.76. The largest absolute Gasteiger partial charge is 0.419 e. The minimum atomic E-state index is -4.65. The number of alkyl halides is 3. The molecule has 1 aromatic carbocycles. The van der Waals surface area contributed by atoms with Crippen LogP contribution in [0.5, 0.6) is 0 Å². The van der Waals surface area contributed by atoms with Crippen LogP contribution in [0.3, 0.4) is 0 Å². The summed E-state index contributed by atoms with van der Waals surface area (Å²) >= 11 is 1.77. The molecule has 0 saturated carbocycles. The van der Waals surface area contributed by atoms with Crippen LogP contribution in [0.1, 0.15) is 18.9 Å². The molecule has 0 radical (unpaired) electrons. The number of halogens is 4. The van der Waals surface area contributed by atoms with Crippen molar-refractivity contribution in [1.82, 2.24) is 0 Å². The quantitative estimate of drug-likeness (QED) is 0.612. The second kappa shape index (κ2) is 6.87. The van der Waals surface area contributed by atoms with E-state index in [-0.39, 0.29) is 0 Å². The van der Waals surface area contributed by atoms with Gasteiger partial charge in [0.15, 0.2) is 0 Å². The average molecular weight is 281 g/mol. The Labute approximate surface area is 108 Å². The zero-order valence-corrected chi connectivity index (χ0v) is 10.8. The van der Waals surface area contributed by atoms with Crippen LogP contribution in [0.25, 0.3) is 0 Å². The maximum Gasteiger partial charge on any atom is 0.419 e. The summed E-state index contributed by atoms with van der Waals surface area (Å²) in [5, 5.41) is 2.86. The zero-order chi connectivity index (χ0) is 13.6. The van der Waals surface area contributed by atoms with Crippen LogP contribution in [0.2, 0.25) is 0 Å². The molecule has 6 heteroatoms. The molecule has 18 heavy (non-hydrogen) atoms. The van der Waals surface area contributed by atoms with E-state index >= 15 is 0 Å². The molecule has 0 aliphatic heterocycles. The van der Waals surface area contributed by atoms with Gasteiger partial charge >= 0.3 is 6.18 Å². The van der Waals surface area contributed by atoms with Crippen molar-refractivity contribution in [2.75, 3.05) is 23.4 Å². The number of anilines is 1. The lowest BCUT2D eigenvalue weighted by Crippen LogP contribution is -2.10. The van der Waals surface area contributed by atoms with Gasteiger partial charge in [-0.3, -0.25) is 0 Å². The van der Waals surface area contributed by atoms with Crippen molar-refractivity contribution in [2.24, 2.45) is 0 Å². The van der Waals surface area contributed by atoms with Gasteiger partial charge in [-0.05, 0) is 36.1 Å². The molecule has 0 aliphatic rings. The molecular formula is C12H15F4NS. The molecule has 0 aromatic heterocycles. The van der Waals surface area contributed by atoms with E-state index in [2.05, 4.69) is 5.32 Å². The van der Waals surface area contributed by atoms with E-state index in [0.29, 0.717) is 12.2 Å². The third-order valence-electron chi connectivity index (χ3n) is 2.27. The lowest BCUT2D eigenvalue weighted by molar-refractivity contribution is -0.139. The third-order valence-corrected chi connectivity index (χ3v) is 3.26. The average Bonchev–Trinajstić information content (AvgIpc) is 2.29. The summed E-state index contributed by atoms with van der Waals surface area (Å²) in [5.41, 5.74) is -0.930. The lowest BCUT2D eigenvalue weighted by atomic mass is 10.2. The molecule has 0 spiro atoms. The molecule has 1 N–H and O–H groups in total. The first-order valence-corrected chi connectivity index (χ1v) is 6.79. The highest BCUT2D eigenvalue weighted by molar-refractivity contribution is 7.99. The number of rotatable bonds is 6. The first-order chi connectivity index (χ1) is 8.45. The molecule has 0 unspecified atom stereocenters. The summed E-state index contributed by atoms with van der Waals surface area (Å²) in [4.78, 5) is 0. The summed E-state index contributed by atoms with van der Waals surface area (Å²) in [7, 11) is 0. The Hall–Kier alpha value is -0.910. The molecule has 1 nitrogen and oxygen atoms in total. The fourth-order valence-corrected chi connectivity index (χ4v) is 2.04. The van der Waals surface area contributed by atoms with Crippen molar-refractivity contribution in [3.63, 3.8) is 0 Å². The number of thioether (sulfide) groups is 1. The molecule has 0 atom stereocenters. The smallest absolute Gasteiger partial charge is 0.385 e. The van der Waals surface area contributed by atoms with E-state index in [1.807, 2.05) is 6.92 Å². The zero-order valence-electron chi connectivity index (χ0n) is 9.98. The van der Waals surface area contributed by atoms with E-state index in [4.69, 9.17) is 0 Å². The second-order valence-electron chi connectivity index (χ2n) is 3.67. The maximum absolute atomic E-state index is 13.0. The van der Waals surface area contributed by atoms with Crippen LogP contribution >= 0.6 is 11.8 Å². The van der Waals surface area contributed by atoms with Gasteiger partial charge in [-0.15, -0.1) is 0 Å². The minimum Gasteiger partial charge on any atom is -0.385 e. The van der Waals surface area contributed by atoms with Crippen LogP contribution < -0.4 is 5.32 Å². The van der Waals surface area contributed by atoms with E-state index < -0.39 is 17.6 Å². The van der Waals surface area contributed by atoms with Crippen LogP contribution in [0.15, 0.2) is 18.2 Å². The van der Waals surface area contributed by atoms with Gasteiger partial charge in [0.2, 0.25) is 0 Å². The van der Waals surface area contributed by atoms with Gasteiger partial charge < -0.3 is 5.32 Å². The highest BCUT2D eigenvalue weighted by Crippen LogP contribution is 2.32. The summed E-state index contributed by atoms with van der Waals surface area (Å²) in [6.07, 6.45) is -3.79. The second-order valence-corrected chi connectivity index (χ2v) is 5.06. The topological polar surface area (TPSA) is 12.0 Å². The van der Waals surface area contributed by atoms with Gasteiger partial charge in [0, 0.05) is 12.2 Å². The molecule has 0 heterocycles. The van der Waals surface area contributed by atoms with Crippen molar-refractivity contribution < 1.29 is 17.6 Å². The van der Waals surface area contributed by atoms with Gasteiger partial charge in [-0.1, -0.05) is 6.92 Å². The minimum absolute atomic E-state index is 0.297. The molecule has 0 aliphatic carbocycles. The molecule has 0 amide bonds. The van der Waals surface area contributed by atoms with Crippen molar-refractivity contribution in [2.45, 2.75) is 19.5 Å². The number of hydrogen-bond donors (Lipinski definition) is 1. The summed E-state index contributed by atoms with van der Waals surface area (Å²) in [6.45, 7) is 2.63. The van der Waals surface area contributed by atoms with Gasteiger partial charge in [0.1, 0.15) is 5.82 Å². The lowest BCUT2D eigenvalue weighted by Gasteiger charge is -2.11. The normalized spacial score (nSPS) is 11.6. The van der Waals surface area contributed by atoms with Gasteiger partial charge in [0.05, 0.1) is 5.56 Å². The SMILES string of the molecule is CCSCCCNc1ccc(F)c(C(F)(F)F)c1. The van der Waals surface area contributed by atoms with Crippen LogP contribution in [-0.4, -0.2) is 18.1 Å². The highest BCUT2D eigenvalue weighted by Gasteiger charge is 2.34. The van der Waals surface area contributed by atoms with Crippen molar-refractivity contribution in [1.29, 1.82) is 0 Å². The maximum atomic E-state index is 13.0. The standard InChI is InChI=1S/C12H15F4NS/c1-2-18-7-3-6-17-9-4-5-11(13)10(8-9)12(14,15)16/h4-5,8,17H,2-3,6-7H2,1H3. The number of nitrogens with one attached hydrogen (secondary N) is 1. The molecule has 102 valence electrons. The fraction of sp³-hybridized carbons (Fsp3) is 0.500. The Morgan fingerprint density at radius 1 is 1.28 bits per heavy atom. The predicted molar refractivity (Wildman–Crippen MR) is 67.5 cm³/mol. The number of benzene rings is 1. The highest BCUT2D eigenvalue weighted by atomic mass is 32.2.